The maximum atomic E-state index is 8.80. The number of nitrogens with one attached hydrogen (secondary N) is 1. The van der Waals surface area contributed by atoms with Gasteiger partial charge in [-0.25, -0.2) is 9.97 Å². The van der Waals surface area contributed by atoms with Crippen LogP contribution in [0.3, 0.4) is 0 Å². The highest BCUT2D eigenvalue weighted by atomic mass is 16.3. The molecule has 0 aliphatic rings. The van der Waals surface area contributed by atoms with Gasteiger partial charge < -0.3 is 14.8 Å². The lowest BCUT2D eigenvalue weighted by Crippen LogP contribution is -2.07. The van der Waals surface area contributed by atoms with E-state index in [-0.39, 0.29) is 6.61 Å². The summed E-state index contributed by atoms with van der Waals surface area (Å²) in [4.78, 5) is 8.34. The summed E-state index contributed by atoms with van der Waals surface area (Å²) in [6, 6.07) is 7.72. The highest BCUT2D eigenvalue weighted by molar-refractivity contribution is 6.05. The van der Waals surface area contributed by atoms with Crippen molar-refractivity contribution in [2.45, 2.75) is 0 Å². The summed E-state index contributed by atoms with van der Waals surface area (Å²) >= 11 is 0. The molecule has 0 amide bonds. The van der Waals surface area contributed by atoms with Gasteiger partial charge in [0.25, 0.3) is 0 Å². The SMILES string of the molecule is OCCNc1ncnc2c1oc1ccccc12. The van der Waals surface area contributed by atoms with E-state index in [9.17, 15) is 0 Å². The van der Waals surface area contributed by atoms with Crippen LogP contribution in [0.2, 0.25) is 0 Å². The standard InChI is InChI=1S/C12H11N3O2/c16-6-5-13-12-11-10(14-7-15-12)8-3-1-2-4-9(8)17-11/h1-4,7,16H,5-6H2,(H,13,14,15). The second-order valence-corrected chi connectivity index (χ2v) is 3.65. The van der Waals surface area contributed by atoms with Crippen LogP contribution >= 0.6 is 0 Å². The smallest absolute Gasteiger partial charge is 0.196 e. The first-order valence-electron chi connectivity index (χ1n) is 5.37. The zero-order valence-corrected chi connectivity index (χ0v) is 9.05. The Balaban J connectivity index is 2.24. The van der Waals surface area contributed by atoms with Crippen molar-refractivity contribution in [1.82, 2.24) is 9.97 Å². The quantitative estimate of drug-likeness (QED) is 0.716. The Bertz CT molecular complexity index is 663. The fourth-order valence-electron chi connectivity index (χ4n) is 1.82. The third kappa shape index (κ3) is 1.60. The first kappa shape index (κ1) is 10.0. The van der Waals surface area contributed by atoms with Crippen LogP contribution in [-0.4, -0.2) is 28.2 Å². The molecule has 0 fully saturated rings. The van der Waals surface area contributed by atoms with Crippen molar-refractivity contribution in [2.24, 2.45) is 0 Å². The minimum Gasteiger partial charge on any atom is -0.450 e. The van der Waals surface area contributed by atoms with Crippen LogP contribution in [0.25, 0.3) is 22.1 Å². The Morgan fingerprint density at radius 1 is 1.24 bits per heavy atom. The summed E-state index contributed by atoms with van der Waals surface area (Å²) in [5, 5.41) is 12.8. The van der Waals surface area contributed by atoms with Crippen molar-refractivity contribution >= 4 is 27.9 Å². The van der Waals surface area contributed by atoms with Gasteiger partial charge in [-0.2, -0.15) is 0 Å². The van der Waals surface area contributed by atoms with Crippen molar-refractivity contribution in [3.05, 3.63) is 30.6 Å². The predicted octanol–water partition coefficient (Wildman–Crippen LogP) is 1.78. The summed E-state index contributed by atoms with van der Waals surface area (Å²) < 4.78 is 5.71. The summed E-state index contributed by atoms with van der Waals surface area (Å²) in [5.74, 6) is 0.611. The fraction of sp³-hybridized carbons (Fsp3) is 0.167. The lowest BCUT2D eigenvalue weighted by molar-refractivity contribution is 0.311. The number of fused-ring (bicyclic) bond motifs is 3. The molecular formula is C12H11N3O2. The summed E-state index contributed by atoms with van der Waals surface area (Å²) in [5.41, 5.74) is 2.20. The number of aliphatic hydroxyl groups is 1. The van der Waals surface area contributed by atoms with Gasteiger partial charge in [-0.05, 0) is 12.1 Å². The Labute approximate surface area is 97.1 Å². The average molecular weight is 229 g/mol. The number of hydrogen-bond donors (Lipinski definition) is 2. The molecule has 5 heteroatoms. The Kier molecular flexibility index (Phi) is 2.38. The molecule has 1 aromatic carbocycles. The lowest BCUT2D eigenvalue weighted by Gasteiger charge is -2.01. The van der Waals surface area contributed by atoms with Crippen LogP contribution in [0.15, 0.2) is 35.0 Å². The minimum absolute atomic E-state index is 0.0473. The van der Waals surface area contributed by atoms with Crippen LogP contribution in [0.4, 0.5) is 5.82 Å². The zero-order chi connectivity index (χ0) is 11.7. The van der Waals surface area contributed by atoms with Gasteiger partial charge in [0.1, 0.15) is 17.4 Å². The van der Waals surface area contributed by atoms with Crippen LogP contribution in [0.5, 0.6) is 0 Å². The molecule has 0 aliphatic carbocycles. The van der Waals surface area contributed by atoms with Gasteiger partial charge in [0.15, 0.2) is 11.4 Å². The van der Waals surface area contributed by atoms with E-state index in [1.165, 1.54) is 6.33 Å². The number of rotatable bonds is 3. The number of furan rings is 1. The van der Waals surface area contributed by atoms with Crippen LogP contribution in [0.1, 0.15) is 0 Å². The van der Waals surface area contributed by atoms with E-state index in [2.05, 4.69) is 15.3 Å². The van der Waals surface area contributed by atoms with Gasteiger partial charge in [0, 0.05) is 11.9 Å². The maximum absolute atomic E-state index is 8.80. The Hall–Kier alpha value is -2.14. The molecule has 0 atom stereocenters. The van der Waals surface area contributed by atoms with Gasteiger partial charge in [-0.3, -0.25) is 0 Å². The Morgan fingerprint density at radius 3 is 3.00 bits per heavy atom. The summed E-state index contributed by atoms with van der Waals surface area (Å²) in [6.07, 6.45) is 1.49. The number of benzene rings is 1. The number of para-hydroxylation sites is 1. The molecule has 0 saturated heterocycles. The van der Waals surface area contributed by atoms with Crippen molar-refractivity contribution in [3.63, 3.8) is 0 Å². The summed E-state index contributed by atoms with van der Waals surface area (Å²) in [7, 11) is 0. The molecule has 0 saturated carbocycles. The molecule has 5 nitrogen and oxygen atoms in total. The first-order chi connectivity index (χ1) is 8.40. The largest absolute Gasteiger partial charge is 0.450 e. The highest BCUT2D eigenvalue weighted by Gasteiger charge is 2.11. The molecule has 0 radical (unpaired) electrons. The van der Waals surface area contributed by atoms with Crippen molar-refractivity contribution in [3.8, 4) is 0 Å². The van der Waals surface area contributed by atoms with E-state index < -0.39 is 0 Å². The van der Waals surface area contributed by atoms with E-state index in [0.717, 1.165) is 16.5 Å². The van der Waals surface area contributed by atoms with E-state index in [4.69, 9.17) is 9.52 Å². The van der Waals surface area contributed by atoms with Crippen molar-refractivity contribution in [2.75, 3.05) is 18.5 Å². The van der Waals surface area contributed by atoms with E-state index >= 15 is 0 Å². The second kappa shape index (κ2) is 4.03. The summed E-state index contributed by atoms with van der Waals surface area (Å²) in [6.45, 7) is 0.481. The van der Waals surface area contributed by atoms with Crippen LogP contribution in [0, 0.1) is 0 Å². The van der Waals surface area contributed by atoms with E-state index in [0.29, 0.717) is 17.9 Å². The van der Waals surface area contributed by atoms with Gasteiger partial charge in [0.2, 0.25) is 0 Å². The van der Waals surface area contributed by atoms with Gasteiger partial charge in [0.05, 0.1) is 6.61 Å². The molecule has 2 heterocycles. The van der Waals surface area contributed by atoms with Crippen molar-refractivity contribution < 1.29 is 9.52 Å². The topological polar surface area (TPSA) is 71.2 Å². The van der Waals surface area contributed by atoms with E-state index in [1.807, 2.05) is 24.3 Å². The molecule has 17 heavy (non-hydrogen) atoms. The first-order valence-corrected chi connectivity index (χ1v) is 5.37. The van der Waals surface area contributed by atoms with Crippen molar-refractivity contribution in [1.29, 1.82) is 0 Å². The normalized spacial score (nSPS) is 11.1. The third-order valence-corrected chi connectivity index (χ3v) is 2.56. The number of aromatic nitrogens is 2. The average Bonchev–Trinajstić information content (AvgIpc) is 2.75. The fourth-order valence-corrected chi connectivity index (χ4v) is 1.82. The maximum Gasteiger partial charge on any atom is 0.196 e. The molecule has 0 bridgehead atoms. The molecule has 3 rings (SSSR count). The van der Waals surface area contributed by atoms with Gasteiger partial charge >= 0.3 is 0 Å². The molecule has 86 valence electrons. The third-order valence-electron chi connectivity index (χ3n) is 2.56. The molecule has 2 N–H and O–H groups in total. The Morgan fingerprint density at radius 2 is 2.12 bits per heavy atom. The van der Waals surface area contributed by atoms with E-state index in [1.54, 1.807) is 0 Å². The highest BCUT2D eigenvalue weighted by Crippen LogP contribution is 2.29. The molecule has 0 spiro atoms. The van der Waals surface area contributed by atoms with Gasteiger partial charge in [-0.1, -0.05) is 12.1 Å². The van der Waals surface area contributed by atoms with Crippen LogP contribution in [-0.2, 0) is 0 Å². The monoisotopic (exact) mass is 229 g/mol. The minimum atomic E-state index is 0.0473. The van der Waals surface area contributed by atoms with Crippen LogP contribution < -0.4 is 5.32 Å². The predicted molar refractivity (Wildman–Crippen MR) is 64.9 cm³/mol. The molecule has 2 aromatic heterocycles. The number of hydrogen-bond acceptors (Lipinski definition) is 5. The molecule has 3 aromatic rings. The molecule has 0 aliphatic heterocycles. The second-order valence-electron chi connectivity index (χ2n) is 3.65. The van der Waals surface area contributed by atoms with Gasteiger partial charge in [-0.15, -0.1) is 0 Å². The zero-order valence-electron chi connectivity index (χ0n) is 9.05. The molecular weight excluding hydrogens is 218 g/mol. The molecule has 0 unspecified atom stereocenters. The number of nitrogens with zero attached hydrogens (tertiary/aromatic N) is 2. The number of anilines is 1. The lowest BCUT2D eigenvalue weighted by atomic mass is 10.2. The number of aliphatic hydroxyl groups excluding tert-OH is 1.